The molecule has 0 fully saturated rings. The van der Waals surface area contributed by atoms with Crippen LogP contribution < -0.4 is 0 Å². The highest BCUT2D eigenvalue weighted by Gasteiger charge is 1.98. The molecule has 0 heterocycles. The van der Waals surface area contributed by atoms with Crippen molar-refractivity contribution in [2.45, 2.75) is 13.8 Å². The second kappa shape index (κ2) is 3.86. The van der Waals surface area contributed by atoms with E-state index >= 15 is 0 Å². The quantitative estimate of drug-likeness (QED) is 0.641. The van der Waals surface area contributed by atoms with Gasteiger partial charge in [0.2, 0.25) is 0 Å². The van der Waals surface area contributed by atoms with Crippen LogP contribution in [0.1, 0.15) is 18.1 Å². The molecule has 62 valence electrons. The molecule has 0 saturated carbocycles. The van der Waals surface area contributed by atoms with Crippen LogP contribution in [0.15, 0.2) is 30.3 Å². The van der Waals surface area contributed by atoms with Gasteiger partial charge in [-0.15, -0.1) is 0 Å². The second-order valence-electron chi connectivity index (χ2n) is 2.70. The normalized spacial score (nSPS) is 11.3. The molecule has 12 heavy (non-hydrogen) atoms. The molecule has 1 nitrogen and oxygen atoms in total. The number of benzene rings is 1. The number of hydrogen-bond donors (Lipinski definition) is 1. The third-order valence-corrected chi connectivity index (χ3v) is 1.92. The third kappa shape index (κ3) is 1.62. The minimum Gasteiger partial charge on any atom is -0.308 e. The molecule has 0 amide bonds. The lowest BCUT2D eigenvalue weighted by molar-refractivity contribution is 1.43. The van der Waals surface area contributed by atoms with E-state index in [0.29, 0.717) is 0 Å². The van der Waals surface area contributed by atoms with Gasteiger partial charge in [-0.25, -0.2) is 0 Å². The van der Waals surface area contributed by atoms with Crippen molar-refractivity contribution >= 4 is 11.8 Å². The minimum absolute atomic E-state index is 0.980. The van der Waals surface area contributed by atoms with Gasteiger partial charge in [-0.2, -0.15) is 0 Å². The lowest BCUT2D eigenvalue weighted by Crippen LogP contribution is -1.88. The Hall–Kier alpha value is -1.37. The SMILES string of the molecule is C/C=C(/C=N)c1ccccc1C. The first-order chi connectivity index (χ1) is 5.79. The predicted octanol–water partition coefficient (Wildman–Crippen LogP) is 3.05. The molecule has 0 spiro atoms. The van der Waals surface area contributed by atoms with Crippen LogP contribution >= 0.6 is 0 Å². The number of allylic oxidation sites excluding steroid dienone is 2. The summed E-state index contributed by atoms with van der Waals surface area (Å²) < 4.78 is 0. The van der Waals surface area contributed by atoms with Crippen LogP contribution in [0, 0.1) is 12.3 Å². The fourth-order valence-corrected chi connectivity index (χ4v) is 1.21. The van der Waals surface area contributed by atoms with Crippen LogP contribution in [-0.4, -0.2) is 6.21 Å². The Kier molecular flexibility index (Phi) is 2.81. The molecular formula is C11H13N. The standard InChI is InChI=1S/C11H13N/c1-3-10(8-12)11-7-5-4-6-9(11)2/h3-8,12H,1-2H3/b10-3-,12-8?. The van der Waals surface area contributed by atoms with E-state index in [9.17, 15) is 0 Å². The maximum Gasteiger partial charge on any atom is 0.0253 e. The van der Waals surface area contributed by atoms with Crippen molar-refractivity contribution in [3.8, 4) is 0 Å². The smallest absolute Gasteiger partial charge is 0.0253 e. The predicted molar refractivity (Wildman–Crippen MR) is 53.6 cm³/mol. The van der Waals surface area contributed by atoms with Crippen molar-refractivity contribution in [1.82, 2.24) is 0 Å². The largest absolute Gasteiger partial charge is 0.308 e. The Balaban J connectivity index is 3.18. The van der Waals surface area contributed by atoms with Gasteiger partial charge in [0.05, 0.1) is 0 Å². The van der Waals surface area contributed by atoms with Crippen LogP contribution in [0.25, 0.3) is 5.57 Å². The van der Waals surface area contributed by atoms with E-state index in [0.717, 1.165) is 11.1 Å². The van der Waals surface area contributed by atoms with E-state index in [1.165, 1.54) is 11.8 Å². The van der Waals surface area contributed by atoms with Crippen LogP contribution in [-0.2, 0) is 0 Å². The van der Waals surface area contributed by atoms with E-state index in [-0.39, 0.29) is 0 Å². The summed E-state index contributed by atoms with van der Waals surface area (Å²) in [5, 5.41) is 7.20. The Morgan fingerprint density at radius 2 is 2.00 bits per heavy atom. The van der Waals surface area contributed by atoms with Gasteiger partial charge < -0.3 is 5.41 Å². The first-order valence-corrected chi connectivity index (χ1v) is 4.02. The summed E-state index contributed by atoms with van der Waals surface area (Å²) in [7, 11) is 0. The topological polar surface area (TPSA) is 23.9 Å². The molecule has 0 aliphatic carbocycles. The summed E-state index contributed by atoms with van der Waals surface area (Å²) in [6, 6.07) is 8.10. The molecule has 0 aliphatic rings. The first kappa shape index (κ1) is 8.72. The summed E-state index contributed by atoms with van der Waals surface area (Å²) in [6.07, 6.45) is 3.34. The van der Waals surface area contributed by atoms with Crippen molar-refractivity contribution < 1.29 is 0 Å². The number of hydrogen-bond acceptors (Lipinski definition) is 1. The molecule has 0 aliphatic heterocycles. The molecule has 1 aromatic rings. The van der Waals surface area contributed by atoms with Crippen LogP contribution in [0.5, 0.6) is 0 Å². The summed E-state index contributed by atoms with van der Waals surface area (Å²) >= 11 is 0. The van der Waals surface area contributed by atoms with Gasteiger partial charge in [0, 0.05) is 6.21 Å². The van der Waals surface area contributed by atoms with Crippen molar-refractivity contribution in [1.29, 1.82) is 5.41 Å². The first-order valence-electron chi connectivity index (χ1n) is 4.02. The lowest BCUT2D eigenvalue weighted by atomic mass is 10.0. The van der Waals surface area contributed by atoms with Crippen molar-refractivity contribution in [2.75, 3.05) is 0 Å². The Morgan fingerprint density at radius 1 is 1.33 bits per heavy atom. The van der Waals surface area contributed by atoms with Crippen LogP contribution in [0.3, 0.4) is 0 Å². The molecule has 1 N–H and O–H groups in total. The Labute approximate surface area is 73.3 Å². The van der Waals surface area contributed by atoms with Gasteiger partial charge in [0.25, 0.3) is 0 Å². The fourth-order valence-electron chi connectivity index (χ4n) is 1.21. The Bertz CT molecular complexity index is 311. The highest BCUT2D eigenvalue weighted by molar-refractivity contribution is 6.08. The van der Waals surface area contributed by atoms with Gasteiger partial charge in [0.15, 0.2) is 0 Å². The van der Waals surface area contributed by atoms with E-state index in [1.807, 2.05) is 31.2 Å². The maximum atomic E-state index is 7.20. The van der Waals surface area contributed by atoms with Gasteiger partial charge in [-0.3, -0.25) is 0 Å². The summed E-state index contributed by atoms with van der Waals surface area (Å²) in [6.45, 7) is 4.01. The van der Waals surface area contributed by atoms with E-state index in [4.69, 9.17) is 5.41 Å². The zero-order valence-corrected chi connectivity index (χ0v) is 7.46. The molecule has 0 saturated heterocycles. The average Bonchev–Trinajstić information content (AvgIpc) is 2.10. The van der Waals surface area contributed by atoms with Crippen molar-refractivity contribution in [2.24, 2.45) is 0 Å². The number of rotatable bonds is 2. The fraction of sp³-hybridized carbons (Fsp3) is 0.182. The maximum absolute atomic E-state index is 7.20. The monoisotopic (exact) mass is 159 g/mol. The van der Waals surface area contributed by atoms with Gasteiger partial charge in [-0.05, 0) is 30.5 Å². The van der Waals surface area contributed by atoms with E-state index in [1.54, 1.807) is 0 Å². The van der Waals surface area contributed by atoms with Gasteiger partial charge in [0.1, 0.15) is 0 Å². The molecule has 0 atom stereocenters. The van der Waals surface area contributed by atoms with E-state index < -0.39 is 0 Å². The third-order valence-electron chi connectivity index (χ3n) is 1.92. The lowest BCUT2D eigenvalue weighted by Gasteiger charge is -2.03. The molecular weight excluding hydrogens is 146 g/mol. The minimum atomic E-state index is 0.980. The summed E-state index contributed by atoms with van der Waals surface area (Å²) in [5.41, 5.74) is 3.34. The summed E-state index contributed by atoms with van der Waals surface area (Å²) in [5.74, 6) is 0. The van der Waals surface area contributed by atoms with Crippen LogP contribution in [0.2, 0.25) is 0 Å². The molecule has 1 rings (SSSR count). The molecule has 0 radical (unpaired) electrons. The zero-order valence-electron chi connectivity index (χ0n) is 7.46. The van der Waals surface area contributed by atoms with Gasteiger partial charge >= 0.3 is 0 Å². The van der Waals surface area contributed by atoms with Crippen molar-refractivity contribution in [3.63, 3.8) is 0 Å². The van der Waals surface area contributed by atoms with Crippen molar-refractivity contribution in [3.05, 3.63) is 41.5 Å². The zero-order chi connectivity index (χ0) is 8.97. The average molecular weight is 159 g/mol. The number of nitrogens with one attached hydrogen (secondary N) is 1. The second-order valence-corrected chi connectivity index (χ2v) is 2.70. The van der Waals surface area contributed by atoms with E-state index in [2.05, 4.69) is 13.0 Å². The highest BCUT2D eigenvalue weighted by atomic mass is 14.3. The Morgan fingerprint density at radius 3 is 2.50 bits per heavy atom. The molecule has 0 unspecified atom stereocenters. The molecule has 0 bridgehead atoms. The highest BCUT2D eigenvalue weighted by Crippen LogP contribution is 2.15. The number of aryl methyl sites for hydroxylation is 1. The molecule has 1 aromatic carbocycles. The van der Waals surface area contributed by atoms with Crippen LogP contribution in [0.4, 0.5) is 0 Å². The van der Waals surface area contributed by atoms with Gasteiger partial charge in [-0.1, -0.05) is 30.3 Å². The summed E-state index contributed by atoms with van der Waals surface area (Å²) in [4.78, 5) is 0. The molecule has 1 heteroatoms. The molecule has 0 aromatic heterocycles.